The molecule has 0 spiro atoms. The molecule has 1 aliphatic carbocycles. The van der Waals surface area contributed by atoms with Crippen LogP contribution in [0.2, 0.25) is 0 Å². The van der Waals surface area contributed by atoms with Crippen LogP contribution in [0.15, 0.2) is 65.6 Å². The first-order valence-electron chi connectivity index (χ1n) is 10.1. The number of aromatic nitrogens is 1. The van der Waals surface area contributed by atoms with Gasteiger partial charge in [-0.3, -0.25) is 4.98 Å². The molecule has 2 aliphatic rings. The van der Waals surface area contributed by atoms with Crippen LogP contribution in [0, 0.1) is 0 Å². The molecule has 2 aromatic carbocycles. The zero-order valence-electron chi connectivity index (χ0n) is 17.0. The molecule has 1 aliphatic heterocycles. The Morgan fingerprint density at radius 2 is 1.74 bits per heavy atom. The Morgan fingerprint density at radius 3 is 2.45 bits per heavy atom. The minimum Gasteiger partial charge on any atom is -0.454 e. The highest BCUT2D eigenvalue weighted by atomic mass is 32.2. The Kier molecular flexibility index (Phi) is 4.62. The largest absolute Gasteiger partial charge is 0.454 e. The van der Waals surface area contributed by atoms with Gasteiger partial charge in [-0.15, -0.1) is 0 Å². The van der Waals surface area contributed by atoms with Crippen molar-refractivity contribution in [1.82, 2.24) is 4.98 Å². The first kappa shape index (κ1) is 19.8. The predicted molar refractivity (Wildman–Crippen MR) is 118 cm³/mol. The van der Waals surface area contributed by atoms with E-state index in [1.807, 2.05) is 36.4 Å². The quantitative estimate of drug-likeness (QED) is 0.555. The molecule has 6 nitrogen and oxygen atoms in total. The maximum atomic E-state index is 13.2. The molecule has 0 amide bonds. The Balaban J connectivity index is 1.37. The fourth-order valence-corrected chi connectivity index (χ4v) is 4.62. The maximum absolute atomic E-state index is 13.2. The van der Waals surface area contributed by atoms with Gasteiger partial charge < -0.3 is 14.3 Å². The summed E-state index contributed by atoms with van der Waals surface area (Å²) in [6.45, 7) is 0.210. The Bertz CT molecular complexity index is 1280. The van der Waals surface area contributed by atoms with E-state index in [1.54, 1.807) is 24.3 Å². The maximum Gasteiger partial charge on any atom is 0.264 e. The highest BCUT2D eigenvalue weighted by Crippen LogP contribution is 2.50. The molecule has 0 unspecified atom stereocenters. The first-order chi connectivity index (χ1) is 14.8. The summed E-state index contributed by atoms with van der Waals surface area (Å²) >= 11 is 0. The van der Waals surface area contributed by atoms with Crippen LogP contribution in [0.4, 0.5) is 0 Å². The second-order valence-electron chi connectivity index (χ2n) is 8.06. The summed E-state index contributed by atoms with van der Waals surface area (Å²) in [5.41, 5.74) is 2.84. The van der Waals surface area contributed by atoms with Crippen molar-refractivity contribution in [2.45, 2.75) is 23.2 Å². The fourth-order valence-electron chi connectivity index (χ4n) is 3.99. The van der Waals surface area contributed by atoms with Gasteiger partial charge in [0.1, 0.15) is 5.68 Å². The minimum absolute atomic E-state index is 0.142. The van der Waals surface area contributed by atoms with Gasteiger partial charge in [0.25, 0.3) is 7.28 Å². The van der Waals surface area contributed by atoms with Gasteiger partial charge in [-0.2, -0.15) is 0 Å². The number of hydrogen-bond donors (Lipinski definition) is 0. The van der Waals surface area contributed by atoms with Crippen LogP contribution in [-0.2, 0) is 20.0 Å². The molecular formula is C23H20BNO5S. The summed E-state index contributed by atoms with van der Waals surface area (Å²) < 4.78 is 34.2. The van der Waals surface area contributed by atoms with Gasteiger partial charge in [-0.1, -0.05) is 24.3 Å². The van der Waals surface area contributed by atoms with Crippen LogP contribution in [0.25, 0.3) is 11.3 Å². The van der Waals surface area contributed by atoms with Crippen LogP contribution in [0.1, 0.15) is 18.4 Å². The van der Waals surface area contributed by atoms with Crippen LogP contribution in [0.3, 0.4) is 0 Å². The number of hydrogen-bond acceptors (Lipinski definition) is 6. The average Bonchev–Trinajstić information content (AvgIpc) is 3.44. The summed E-state index contributed by atoms with van der Waals surface area (Å²) in [4.78, 5) is 18.1. The lowest BCUT2D eigenvalue weighted by Crippen LogP contribution is -2.34. The van der Waals surface area contributed by atoms with E-state index in [1.165, 1.54) is 6.26 Å². The number of rotatable bonds is 6. The van der Waals surface area contributed by atoms with Crippen molar-refractivity contribution in [1.29, 1.82) is 0 Å². The molecule has 31 heavy (non-hydrogen) atoms. The summed E-state index contributed by atoms with van der Waals surface area (Å²) in [6, 6.07) is 17.9. The minimum atomic E-state index is -3.25. The molecule has 8 heteroatoms. The van der Waals surface area contributed by atoms with E-state index in [0.717, 1.165) is 24.0 Å². The van der Waals surface area contributed by atoms with Gasteiger partial charge in [0.15, 0.2) is 21.3 Å². The third-order valence-electron chi connectivity index (χ3n) is 5.94. The van der Waals surface area contributed by atoms with Crippen molar-refractivity contribution >= 4 is 28.4 Å². The molecule has 0 radical (unpaired) electrons. The molecule has 1 fully saturated rings. The summed E-state index contributed by atoms with van der Waals surface area (Å²) in [5.74, 6) is 1.40. The summed E-state index contributed by atoms with van der Waals surface area (Å²) in [6.07, 6.45) is 2.82. The molecule has 1 saturated carbocycles. The van der Waals surface area contributed by atoms with E-state index in [0.29, 0.717) is 22.8 Å². The molecule has 1 aromatic heterocycles. The summed E-state index contributed by atoms with van der Waals surface area (Å²) in [7, 11) is -3.01. The number of nitrogens with zero attached hydrogens (tertiary/aromatic N) is 1. The standard InChI is InChI=1S/C23H20BNO5S/c1-31(27,28)17-8-5-15(6-9-17)18-3-2-4-21(25-18)24-22(26)23(11-12-23)16-7-10-19-20(13-16)30-14-29-19/h2-10,13,24H,11-12,14H2,1H3. The van der Waals surface area contributed by atoms with Crippen molar-refractivity contribution in [3.8, 4) is 22.8 Å². The van der Waals surface area contributed by atoms with Gasteiger partial charge in [-0.25, -0.2) is 8.42 Å². The average molecular weight is 433 g/mol. The molecule has 0 saturated heterocycles. The predicted octanol–water partition coefficient (Wildman–Crippen LogP) is 2.20. The molecule has 2 heterocycles. The van der Waals surface area contributed by atoms with Crippen molar-refractivity contribution in [3.63, 3.8) is 0 Å². The van der Waals surface area contributed by atoms with Crippen molar-refractivity contribution in [2.75, 3.05) is 13.0 Å². The third kappa shape index (κ3) is 3.72. The number of carbonyl (C=O) groups is 1. The SMILES string of the molecule is CS(=O)(=O)c1ccc(-c2cccc(BC(=O)C3(c4ccc5c(c4)OCO5)CC3)n2)cc1. The molecular weight excluding hydrogens is 413 g/mol. The molecule has 0 bridgehead atoms. The van der Waals surface area contributed by atoms with Crippen LogP contribution in [-0.4, -0.2) is 39.4 Å². The number of fused-ring (bicyclic) bond motifs is 1. The van der Waals surface area contributed by atoms with E-state index in [9.17, 15) is 13.2 Å². The van der Waals surface area contributed by atoms with Gasteiger partial charge in [-0.05, 0) is 54.8 Å². The molecule has 5 rings (SSSR count). The highest BCUT2D eigenvalue weighted by molar-refractivity contribution is 7.90. The smallest absolute Gasteiger partial charge is 0.264 e. The Morgan fingerprint density at radius 1 is 1.00 bits per heavy atom. The zero-order chi connectivity index (χ0) is 21.6. The van der Waals surface area contributed by atoms with E-state index in [-0.39, 0.29) is 24.7 Å². The molecule has 156 valence electrons. The molecule has 3 aromatic rings. The number of pyridine rings is 1. The lowest BCUT2D eigenvalue weighted by atomic mass is 9.62. The number of sulfone groups is 1. The number of benzene rings is 2. The van der Waals surface area contributed by atoms with Gasteiger partial charge in [0.05, 0.1) is 10.6 Å². The van der Waals surface area contributed by atoms with Crippen LogP contribution in [0.5, 0.6) is 11.5 Å². The lowest BCUT2D eigenvalue weighted by Gasteiger charge is -2.15. The molecule has 0 N–H and O–H groups in total. The van der Waals surface area contributed by atoms with Gasteiger partial charge >= 0.3 is 0 Å². The zero-order valence-corrected chi connectivity index (χ0v) is 17.8. The number of carbonyl (C=O) groups excluding carboxylic acids is 1. The van der Waals surface area contributed by atoms with Gasteiger partial charge in [0, 0.05) is 22.8 Å². The first-order valence-corrected chi connectivity index (χ1v) is 11.9. The lowest BCUT2D eigenvalue weighted by molar-refractivity contribution is -0.114. The normalized spacial score (nSPS) is 16.0. The molecule has 0 atom stereocenters. The topological polar surface area (TPSA) is 82.6 Å². The van der Waals surface area contributed by atoms with Crippen molar-refractivity contribution < 1.29 is 22.7 Å². The third-order valence-corrected chi connectivity index (χ3v) is 7.06. The highest BCUT2D eigenvalue weighted by Gasteiger charge is 2.50. The van der Waals surface area contributed by atoms with E-state index >= 15 is 0 Å². The van der Waals surface area contributed by atoms with Crippen LogP contribution < -0.4 is 15.1 Å². The fraction of sp³-hybridized carbons (Fsp3) is 0.217. The van der Waals surface area contributed by atoms with Crippen molar-refractivity contribution in [3.05, 3.63) is 66.2 Å². The Hall–Kier alpha value is -3.13. The van der Waals surface area contributed by atoms with Gasteiger partial charge in [0.2, 0.25) is 6.79 Å². The van der Waals surface area contributed by atoms with E-state index in [4.69, 9.17) is 9.47 Å². The Labute approximate surface area is 181 Å². The monoisotopic (exact) mass is 433 g/mol. The van der Waals surface area contributed by atoms with E-state index < -0.39 is 15.3 Å². The van der Waals surface area contributed by atoms with E-state index in [2.05, 4.69) is 4.98 Å². The van der Waals surface area contributed by atoms with Crippen molar-refractivity contribution in [2.24, 2.45) is 0 Å². The second kappa shape index (κ2) is 7.23. The number of ether oxygens (including phenoxy) is 2. The summed E-state index contributed by atoms with van der Waals surface area (Å²) in [5, 5.41) is 0. The van der Waals surface area contributed by atoms with Crippen LogP contribution >= 0.6 is 0 Å². The second-order valence-corrected chi connectivity index (χ2v) is 10.1.